The molecule has 0 aromatic rings. The van der Waals surface area contributed by atoms with Gasteiger partial charge in [-0.15, -0.1) is 0 Å². The molecule has 4 rings (SSSR count). The van der Waals surface area contributed by atoms with Crippen molar-refractivity contribution in [2.24, 2.45) is 29.6 Å². The molecule has 0 radical (unpaired) electrons. The summed E-state index contributed by atoms with van der Waals surface area (Å²) in [6.45, 7) is 7.43. The van der Waals surface area contributed by atoms with E-state index in [0.717, 1.165) is 49.5 Å². The van der Waals surface area contributed by atoms with Gasteiger partial charge in [0.2, 0.25) is 0 Å². The van der Waals surface area contributed by atoms with Crippen LogP contribution in [0.1, 0.15) is 52.4 Å². The highest BCUT2D eigenvalue weighted by Crippen LogP contribution is 2.53. The van der Waals surface area contributed by atoms with Crippen molar-refractivity contribution in [3.63, 3.8) is 0 Å². The molecule has 0 spiro atoms. The van der Waals surface area contributed by atoms with Crippen molar-refractivity contribution < 1.29 is 4.74 Å². The highest BCUT2D eigenvalue weighted by molar-refractivity contribution is 5.01. The number of nitrogens with one attached hydrogen (secondary N) is 1. The average molecular weight is 265 g/mol. The van der Waals surface area contributed by atoms with Crippen LogP contribution < -0.4 is 5.32 Å². The van der Waals surface area contributed by atoms with Gasteiger partial charge in [0.05, 0.1) is 0 Å². The van der Waals surface area contributed by atoms with E-state index in [9.17, 15) is 0 Å². The fraction of sp³-hybridized carbons (Fsp3) is 1.00. The second-order valence-electron chi connectivity index (χ2n) is 7.73. The molecule has 1 N–H and O–H groups in total. The van der Waals surface area contributed by atoms with Gasteiger partial charge in [0.1, 0.15) is 0 Å². The molecule has 2 nitrogen and oxygen atoms in total. The molecule has 4 aliphatic carbocycles. The minimum Gasteiger partial charge on any atom is -0.381 e. The van der Waals surface area contributed by atoms with E-state index in [1.807, 2.05) is 0 Å². The highest BCUT2D eigenvalue weighted by Gasteiger charge is 2.47. The Hall–Kier alpha value is -0.0800. The summed E-state index contributed by atoms with van der Waals surface area (Å²) in [5, 5.41) is 3.87. The number of rotatable bonds is 7. The standard InChI is InChI=1S/C17H31NO/c1-12(2)11-19-5-3-4-18-17-15-7-13-6-14(9-15)10-16(17)8-13/h12-18H,3-11H2,1-2H3. The van der Waals surface area contributed by atoms with E-state index in [1.165, 1.54) is 32.1 Å². The lowest BCUT2D eigenvalue weighted by Gasteiger charge is -2.54. The van der Waals surface area contributed by atoms with Gasteiger partial charge in [0, 0.05) is 19.3 Å². The number of ether oxygens (including phenoxy) is 1. The molecule has 19 heavy (non-hydrogen) atoms. The molecule has 0 heterocycles. The van der Waals surface area contributed by atoms with Crippen LogP contribution in [-0.4, -0.2) is 25.8 Å². The summed E-state index contributed by atoms with van der Waals surface area (Å²) in [6.07, 6.45) is 8.82. The summed E-state index contributed by atoms with van der Waals surface area (Å²) in [7, 11) is 0. The summed E-state index contributed by atoms with van der Waals surface area (Å²) in [5.74, 6) is 4.86. The Balaban J connectivity index is 1.35. The summed E-state index contributed by atoms with van der Waals surface area (Å²) >= 11 is 0. The third kappa shape index (κ3) is 3.33. The van der Waals surface area contributed by atoms with Crippen LogP contribution in [0.3, 0.4) is 0 Å². The van der Waals surface area contributed by atoms with Gasteiger partial charge in [-0.2, -0.15) is 0 Å². The molecule has 4 saturated carbocycles. The van der Waals surface area contributed by atoms with Crippen molar-refractivity contribution in [1.82, 2.24) is 5.32 Å². The average Bonchev–Trinajstić information content (AvgIpc) is 2.35. The van der Waals surface area contributed by atoms with Crippen LogP contribution in [0, 0.1) is 29.6 Å². The quantitative estimate of drug-likeness (QED) is 0.712. The summed E-state index contributed by atoms with van der Waals surface area (Å²) in [5.41, 5.74) is 0. The molecular formula is C17H31NO. The first-order chi connectivity index (χ1) is 9.22. The van der Waals surface area contributed by atoms with Crippen molar-refractivity contribution in [3.8, 4) is 0 Å². The van der Waals surface area contributed by atoms with Crippen LogP contribution in [0.2, 0.25) is 0 Å². The predicted molar refractivity (Wildman–Crippen MR) is 79.1 cm³/mol. The Labute approximate surface area is 118 Å². The first-order valence-electron chi connectivity index (χ1n) is 8.53. The van der Waals surface area contributed by atoms with E-state index in [2.05, 4.69) is 19.2 Å². The lowest BCUT2D eigenvalue weighted by Crippen LogP contribution is -2.54. The van der Waals surface area contributed by atoms with Crippen molar-refractivity contribution in [3.05, 3.63) is 0 Å². The van der Waals surface area contributed by atoms with Crippen LogP contribution in [0.25, 0.3) is 0 Å². The highest BCUT2D eigenvalue weighted by atomic mass is 16.5. The van der Waals surface area contributed by atoms with Crippen LogP contribution in [-0.2, 0) is 4.74 Å². The van der Waals surface area contributed by atoms with Gasteiger partial charge in [0.15, 0.2) is 0 Å². The fourth-order valence-corrected chi connectivity index (χ4v) is 5.02. The first kappa shape index (κ1) is 13.9. The van der Waals surface area contributed by atoms with Gasteiger partial charge in [0.25, 0.3) is 0 Å². The molecule has 110 valence electrons. The van der Waals surface area contributed by atoms with Crippen molar-refractivity contribution in [1.29, 1.82) is 0 Å². The minimum atomic E-state index is 0.664. The van der Waals surface area contributed by atoms with E-state index >= 15 is 0 Å². The Kier molecular flexibility index (Phi) is 4.48. The third-order valence-electron chi connectivity index (χ3n) is 5.52. The van der Waals surface area contributed by atoms with Crippen LogP contribution in [0.5, 0.6) is 0 Å². The molecule has 0 amide bonds. The molecule has 0 aromatic carbocycles. The Bertz CT molecular complexity index is 261. The van der Waals surface area contributed by atoms with Crippen molar-refractivity contribution in [2.75, 3.05) is 19.8 Å². The van der Waals surface area contributed by atoms with Crippen molar-refractivity contribution in [2.45, 2.75) is 58.4 Å². The normalized spacial score (nSPS) is 40.3. The zero-order valence-corrected chi connectivity index (χ0v) is 12.7. The molecule has 0 saturated heterocycles. The van der Waals surface area contributed by atoms with Gasteiger partial charge in [-0.25, -0.2) is 0 Å². The van der Waals surface area contributed by atoms with Gasteiger partial charge >= 0.3 is 0 Å². The maximum atomic E-state index is 5.66. The number of hydrogen-bond donors (Lipinski definition) is 1. The molecule has 0 aliphatic heterocycles. The van der Waals surface area contributed by atoms with E-state index in [0.29, 0.717) is 5.92 Å². The van der Waals surface area contributed by atoms with Crippen LogP contribution >= 0.6 is 0 Å². The molecular weight excluding hydrogens is 234 g/mol. The zero-order chi connectivity index (χ0) is 13.2. The smallest absolute Gasteiger partial charge is 0.0489 e. The predicted octanol–water partition coefficient (Wildman–Crippen LogP) is 3.46. The maximum Gasteiger partial charge on any atom is 0.0489 e. The molecule has 0 aromatic heterocycles. The Morgan fingerprint density at radius 2 is 1.63 bits per heavy atom. The van der Waals surface area contributed by atoms with E-state index < -0.39 is 0 Å². The second kappa shape index (κ2) is 6.13. The minimum absolute atomic E-state index is 0.664. The molecule has 4 fully saturated rings. The van der Waals surface area contributed by atoms with Gasteiger partial charge in [-0.05, 0) is 74.7 Å². The third-order valence-corrected chi connectivity index (χ3v) is 5.52. The van der Waals surface area contributed by atoms with Gasteiger partial charge in [-0.1, -0.05) is 13.8 Å². The lowest BCUT2D eigenvalue weighted by atomic mass is 9.54. The summed E-state index contributed by atoms with van der Waals surface area (Å²) in [4.78, 5) is 0. The largest absolute Gasteiger partial charge is 0.381 e. The molecule has 0 atom stereocenters. The molecule has 4 bridgehead atoms. The first-order valence-corrected chi connectivity index (χ1v) is 8.53. The lowest BCUT2D eigenvalue weighted by molar-refractivity contribution is -0.0143. The molecule has 2 heteroatoms. The van der Waals surface area contributed by atoms with E-state index in [-0.39, 0.29) is 0 Å². The SMILES string of the molecule is CC(C)COCCCNC1C2CC3CC(C2)CC1C3. The molecule has 4 aliphatic rings. The Morgan fingerprint density at radius 1 is 1.00 bits per heavy atom. The zero-order valence-electron chi connectivity index (χ0n) is 12.7. The fourth-order valence-electron chi connectivity index (χ4n) is 5.02. The summed E-state index contributed by atoms with van der Waals surface area (Å²) < 4.78 is 5.66. The monoisotopic (exact) mass is 265 g/mol. The van der Waals surface area contributed by atoms with E-state index in [1.54, 1.807) is 6.42 Å². The topological polar surface area (TPSA) is 21.3 Å². The van der Waals surface area contributed by atoms with Gasteiger partial charge in [-0.3, -0.25) is 0 Å². The maximum absolute atomic E-state index is 5.66. The summed E-state index contributed by atoms with van der Waals surface area (Å²) in [6, 6.07) is 0.845. The van der Waals surface area contributed by atoms with Crippen LogP contribution in [0.4, 0.5) is 0 Å². The Morgan fingerprint density at radius 3 is 2.21 bits per heavy atom. The van der Waals surface area contributed by atoms with Gasteiger partial charge < -0.3 is 10.1 Å². The molecule has 0 unspecified atom stereocenters. The van der Waals surface area contributed by atoms with Crippen LogP contribution in [0.15, 0.2) is 0 Å². The van der Waals surface area contributed by atoms with Crippen molar-refractivity contribution >= 4 is 0 Å². The second-order valence-corrected chi connectivity index (χ2v) is 7.73. The van der Waals surface area contributed by atoms with E-state index in [4.69, 9.17) is 4.74 Å². The number of hydrogen-bond acceptors (Lipinski definition) is 2.